The van der Waals surface area contributed by atoms with Crippen LogP contribution in [0.5, 0.6) is 0 Å². The van der Waals surface area contributed by atoms with E-state index in [0.29, 0.717) is 17.3 Å². The van der Waals surface area contributed by atoms with Gasteiger partial charge in [-0.15, -0.1) is 0 Å². The van der Waals surface area contributed by atoms with E-state index in [4.69, 9.17) is 9.52 Å². The van der Waals surface area contributed by atoms with Crippen molar-refractivity contribution in [1.29, 1.82) is 0 Å². The lowest BCUT2D eigenvalue weighted by molar-refractivity contribution is -0.136. The molecule has 0 fully saturated rings. The molecule has 72 valence electrons. The van der Waals surface area contributed by atoms with Crippen LogP contribution in [0.25, 0.3) is 11.6 Å². The molecular weight excluding hydrogens is 184 g/mol. The summed E-state index contributed by atoms with van der Waals surface area (Å²) in [6.07, 6.45) is 2.97. The fourth-order valence-corrected chi connectivity index (χ4v) is 1.15. The van der Waals surface area contributed by atoms with Gasteiger partial charge in [-0.05, 0) is 12.1 Å². The summed E-state index contributed by atoms with van der Waals surface area (Å²) in [5.41, 5.74) is 0.559. The van der Waals surface area contributed by atoms with E-state index in [2.05, 4.69) is 9.97 Å². The Kier molecular flexibility index (Phi) is 2.06. The molecule has 0 aromatic carbocycles. The molecule has 5 heteroatoms. The smallest absolute Gasteiger partial charge is 0.309 e. The summed E-state index contributed by atoms with van der Waals surface area (Å²) in [5.74, 6) is 0.257. The van der Waals surface area contributed by atoms with Crippen LogP contribution in [-0.2, 0) is 11.2 Å². The fraction of sp³-hybridized carbons (Fsp3) is 0.111. The average molecular weight is 192 g/mol. The van der Waals surface area contributed by atoms with Crippen molar-refractivity contribution in [2.75, 3.05) is 0 Å². The monoisotopic (exact) mass is 192 g/mol. The number of aromatic nitrogens is 2. The number of rotatable bonds is 3. The van der Waals surface area contributed by atoms with E-state index in [9.17, 15) is 4.79 Å². The Morgan fingerprint density at radius 2 is 2.50 bits per heavy atom. The predicted molar refractivity (Wildman–Crippen MR) is 47.6 cm³/mol. The lowest BCUT2D eigenvalue weighted by Gasteiger charge is -1.89. The molecule has 0 spiro atoms. The molecule has 0 aliphatic rings. The molecular formula is C9H8N2O3. The van der Waals surface area contributed by atoms with Crippen LogP contribution >= 0.6 is 0 Å². The van der Waals surface area contributed by atoms with Crippen molar-refractivity contribution in [3.05, 3.63) is 30.3 Å². The Balaban J connectivity index is 2.22. The van der Waals surface area contributed by atoms with E-state index in [-0.39, 0.29) is 6.42 Å². The van der Waals surface area contributed by atoms with Gasteiger partial charge in [-0.1, -0.05) is 0 Å². The maximum absolute atomic E-state index is 10.4. The molecule has 2 aromatic rings. The van der Waals surface area contributed by atoms with Gasteiger partial charge in [0.25, 0.3) is 0 Å². The summed E-state index contributed by atoms with van der Waals surface area (Å²) in [4.78, 5) is 17.3. The zero-order valence-corrected chi connectivity index (χ0v) is 7.23. The fourth-order valence-electron chi connectivity index (χ4n) is 1.15. The first-order valence-electron chi connectivity index (χ1n) is 4.05. The summed E-state index contributed by atoms with van der Waals surface area (Å²) >= 11 is 0. The van der Waals surface area contributed by atoms with E-state index in [1.807, 2.05) is 0 Å². The van der Waals surface area contributed by atoms with Gasteiger partial charge in [0.15, 0.2) is 11.6 Å². The summed E-state index contributed by atoms with van der Waals surface area (Å²) in [6.45, 7) is 0. The van der Waals surface area contributed by atoms with Crippen molar-refractivity contribution in [2.45, 2.75) is 6.42 Å². The molecule has 0 amide bonds. The van der Waals surface area contributed by atoms with E-state index in [1.165, 1.54) is 12.5 Å². The van der Waals surface area contributed by atoms with Gasteiger partial charge in [0.05, 0.1) is 12.7 Å². The minimum atomic E-state index is -0.889. The highest BCUT2D eigenvalue weighted by Gasteiger charge is 2.07. The molecule has 0 unspecified atom stereocenters. The first kappa shape index (κ1) is 8.55. The number of aromatic amines is 1. The highest BCUT2D eigenvalue weighted by atomic mass is 16.4. The number of carboxylic acid groups (broad SMARTS) is 1. The van der Waals surface area contributed by atoms with Gasteiger partial charge in [-0.25, -0.2) is 4.98 Å². The van der Waals surface area contributed by atoms with Gasteiger partial charge in [0, 0.05) is 11.9 Å². The van der Waals surface area contributed by atoms with Crippen LogP contribution in [0.2, 0.25) is 0 Å². The number of hydrogen-bond acceptors (Lipinski definition) is 3. The second kappa shape index (κ2) is 3.37. The molecule has 0 radical (unpaired) electrons. The van der Waals surface area contributed by atoms with E-state index >= 15 is 0 Å². The minimum Gasteiger partial charge on any atom is -0.481 e. The first-order chi connectivity index (χ1) is 6.75. The molecule has 0 aliphatic carbocycles. The largest absolute Gasteiger partial charge is 0.481 e. The van der Waals surface area contributed by atoms with E-state index in [0.717, 1.165) is 0 Å². The van der Waals surface area contributed by atoms with Gasteiger partial charge in [-0.3, -0.25) is 4.79 Å². The zero-order chi connectivity index (χ0) is 9.97. The molecule has 0 saturated heterocycles. The van der Waals surface area contributed by atoms with E-state index in [1.54, 1.807) is 12.1 Å². The Labute approximate surface area is 79.4 Å². The predicted octanol–water partition coefficient (Wildman–Crippen LogP) is 1.30. The van der Waals surface area contributed by atoms with Gasteiger partial charge in [0.1, 0.15) is 0 Å². The molecule has 2 heterocycles. The van der Waals surface area contributed by atoms with E-state index < -0.39 is 5.97 Å². The summed E-state index contributed by atoms with van der Waals surface area (Å²) in [7, 11) is 0. The van der Waals surface area contributed by atoms with Crippen LogP contribution in [-0.4, -0.2) is 21.0 Å². The number of furan rings is 1. The second-order valence-corrected chi connectivity index (χ2v) is 2.80. The van der Waals surface area contributed by atoms with Crippen molar-refractivity contribution in [3.63, 3.8) is 0 Å². The van der Waals surface area contributed by atoms with Crippen LogP contribution in [0.15, 0.2) is 29.0 Å². The molecule has 0 aliphatic heterocycles. The standard InChI is InChI=1S/C9H8N2O3/c12-8(13)4-6-5-10-9(11-6)7-2-1-3-14-7/h1-3,5H,4H2,(H,10,11)(H,12,13). The van der Waals surface area contributed by atoms with Crippen molar-refractivity contribution in [3.8, 4) is 11.6 Å². The quantitative estimate of drug-likeness (QED) is 0.768. The zero-order valence-electron chi connectivity index (χ0n) is 7.23. The number of H-pyrrole nitrogens is 1. The normalized spacial score (nSPS) is 10.3. The van der Waals surface area contributed by atoms with Gasteiger partial charge in [-0.2, -0.15) is 0 Å². The van der Waals surface area contributed by atoms with Crippen molar-refractivity contribution in [1.82, 2.24) is 9.97 Å². The second-order valence-electron chi connectivity index (χ2n) is 2.80. The Morgan fingerprint density at radius 3 is 3.14 bits per heavy atom. The number of carbonyl (C=O) groups is 1. The molecule has 0 bridgehead atoms. The van der Waals surface area contributed by atoms with Gasteiger partial charge < -0.3 is 14.5 Å². The van der Waals surface area contributed by atoms with Crippen molar-refractivity contribution < 1.29 is 14.3 Å². The number of nitrogens with one attached hydrogen (secondary N) is 1. The highest BCUT2D eigenvalue weighted by Crippen LogP contribution is 2.15. The van der Waals surface area contributed by atoms with Crippen molar-refractivity contribution in [2.24, 2.45) is 0 Å². The number of aliphatic carboxylic acids is 1. The Bertz CT molecular complexity index is 431. The molecule has 0 atom stereocenters. The third kappa shape index (κ3) is 1.66. The third-order valence-corrected chi connectivity index (χ3v) is 1.72. The lowest BCUT2D eigenvalue weighted by Crippen LogP contribution is -1.99. The first-order valence-corrected chi connectivity index (χ1v) is 4.05. The lowest BCUT2D eigenvalue weighted by atomic mass is 10.3. The molecule has 2 aromatic heterocycles. The van der Waals surface area contributed by atoms with Crippen LogP contribution in [0, 0.1) is 0 Å². The number of hydrogen-bond donors (Lipinski definition) is 2. The van der Waals surface area contributed by atoms with Crippen LogP contribution < -0.4 is 0 Å². The number of imidazole rings is 1. The molecule has 2 N–H and O–H groups in total. The molecule has 2 rings (SSSR count). The Morgan fingerprint density at radius 1 is 1.64 bits per heavy atom. The summed E-state index contributed by atoms with van der Waals surface area (Å²) < 4.78 is 5.10. The molecule has 5 nitrogen and oxygen atoms in total. The topological polar surface area (TPSA) is 79.1 Å². The minimum absolute atomic E-state index is 0.0618. The van der Waals surface area contributed by atoms with Crippen molar-refractivity contribution >= 4 is 5.97 Å². The SMILES string of the molecule is O=C(O)Cc1cnc(-c2ccco2)[nH]1. The van der Waals surface area contributed by atoms with Crippen LogP contribution in [0.3, 0.4) is 0 Å². The van der Waals surface area contributed by atoms with Crippen LogP contribution in [0.4, 0.5) is 0 Å². The molecule has 14 heavy (non-hydrogen) atoms. The summed E-state index contributed by atoms with van der Waals surface area (Å²) in [6, 6.07) is 3.50. The van der Waals surface area contributed by atoms with Crippen LogP contribution in [0.1, 0.15) is 5.69 Å². The average Bonchev–Trinajstić information content (AvgIpc) is 2.69. The highest BCUT2D eigenvalue weighted by molar-refractivity contribution is 5.69. The van der Waals surface area contributed by atoms with Gasteiger partial charge in [0.2, 0.25) is 0 Å². The maximum atomic E-state index is 10.4. The number of carboxylic acids is 1. The maximum Gasteiger partial charge on any atom is 0.309 e. The molecule has 0 saturated carbocycles. The number of nitrogens with zero attached hydrogens (tertiary/aromatic N) is 1. The summed E-state index contributed by atoms with van der Waals surface area (Å²) in [5, 5.41) is 8.54. The third-order valence-electron chi connectivity index (χ3n) is 1.72. The van der Waals surface area contributed by atoms with Gasteiger partial charge >= 0.3 is 5.97 Å². The Hall–Kier alpha value is -2.04.